The van der Waals surface area contributed by atoms with Crippen LogP contribution in [0.3, 0.4) is 0 Å². The zero-order valence-corrected chi connectivity index (χ0v) is 16.4. The zero-order valence-electron chi connectivity index (χ0n) is 16.4. The normalized spacial score (nSPS) is 15.4. The molecule has 4 rings (SSSR count). The van der Waals surface area contributed by atoms with E-state index in [4.69, 9.17) is 0 Å². The van der Waals surface area contributed by atoms with Gasteiger partial charge in [0.25, 0.3) is 0 Å². The van der Waals surface area contributed by atoms with Crippen molar-refractivity contribution in [1.82, 2.24) is 24.3 Å². The monoisotopic (exact) mass is 436 g/mol. The van der Waals surface area contributed by atoms with Crippen molar-refractivity contribution in [2.75, 3.05) is 38.0 Å². The number of aromatic nitrogens is 3. The number of amides is 2. The van der Waals surface area contributed by atoms with Gasteiger partial charge in [0.15, 0.2) is 5.65 Å². The maximum atomic E-state index is 13.7. The van der Waals surface area contributed by atoms with Crippen molar-refractivity contribution in [2.24, 2.45) is 0 Å². The highest BCUT2D eigenvalue weighted by atomic mass is 19.4. The molecular weight excluding hydrogens is 416 g/mol. The lowest BCUT2D eigenvalue weighted by molar-refractivity contribution is -0.147. The number of nitrogens with zero attached hydrogens (tertiary/aromatic N) is 5. The third-order valence-electron chi connectivity index (χ3n) is 5.17. The summed E-state index contributed by atoms with van der Waals surface area (Å²) in [6.07, 6.45) is -3.14. The van der Waals surface area contributed by atoms with Crippen LogP contribution in [0, 0.1) is 5.82 Å². The number of halogens is 4. The van der Waals surface area contributed by atoms with Gasteiger partial charge in [-0.3, -0.25) is 4.90 Å². The van der Waals surface area contributed by atoms with Crippen molar-refractivity contribution in [2.45, 2.75) is 12.7 Å². The van der Waals surface area contributed by atoms with E-state index in [-0.39, 0.29) is 23.4 Å². The third-order valence-corrected chi connectivity index (χ3v) is 5.17. The lowest BCUT2D eigenvalue weighted by Gasteiger charge is -2.34. The summed E-state index contributed by atoms with van der Waals surface area (Å²) in [5.41, 5.74) is 0.497. The molecule has 3 aromatic rings. The number of fused-ring (bicyclic) bond motifs is 1. The number of para-hydroxylation sites is 1. The Morgan fingerprint density at radius 3 is 2.48 bits per heavy atom. The van der Waals surface area contributed by atoms with Gasteiger partial charge in [0.1, 0.15) is 11.3 Å². The van der Waals surface area contributed by atoms with Crippen molar-refractivity contribution in [3.05, 3.63) is 54.2 Å². The molecule has 11 heteroatoms. The second kappa shape index (κ2) is 8.50. The summed E-state index contributed by atoms with van der Waals surface area (Å²) in [6.45, 7) is 2.18. The molecule has 1 N–H and O–H groups in total. The molecule has 1 aliphatic heterocycles. The molecule has 0 bridgehead atoms. The number of alkyl halides is 3. The maximum Gasteiger partial charge on any atom is 0.449 e. The van der Waals surface area contributed by atoms with Gasteiger partial charge in [-0.25, -0.2) is 19.2 Å². The highest BCUT2D eigenvalue weighted by Gasteiger charge is 2.38. The van der Waals surface area contributed by atoms with Gasteiger partial charge in [0.05, 0.1) is 5.69 Å². The lowest BCUT2D eigenvalue weighted by Crippen LogP contribution is -2.50. The Labute approximate surface area is 175 Å². The standard InChI is InChI=1S/C20H20F4N6O/c21-14-4-1-2-5-15(14)27-19(31)29-11-8-28(9-12-29)10-13-30-17-16(6-3-7-25-17)26-18(30)20(22,23)24/h1-7H,8-13H2,(H,27,31). The molecule has 1 fully saturated rings. The molecule has 1 aliphatic rings. The summed E-state index contributed by atoms with van der Waals surface area (Å²) in [5, 5.41) is 2.54. The topological polar surface area (TPSA) is 66.3 Å². The molecule has 0 radical (unpaired) electrons. The van der Waals surface area contributed by atoms with Gasteiger partial charge >= 0.3 is 12.2 Å². The number of carbonyl (C=O) groups is 1. The summed E-state index contributed by atoms with van der Waals surface area (Å²) in [7, 11) is 0. The van der Waals surface area contributed by atoms with Crippen LogP contribution in [0.1, 0.15) is 5.82 Å². The van der Waals surface area contributed by atoms with Crippen molar-refractivity contribution < 1.29 is 22.4 Å². The first-order chi connectivity index (χ1) is 14.8. The van der Waals surface area contributed by atoms with Crippen molar-refractivity contribution in [3.63, 3.8) is 0 Å². The van der Waals surface area contributed by atoms with E-state index in [1.165, 1.54) is 30.5 Å². The van der Waals surface area contributed by atoms with Gasteiger partial charge < -0.3 is 14.8 Å². The first-order valence-corrected chi connectivity index (χ1v) is 9.74. The first kappa shape index (κ1) is 21.0. The molecule has 7 nitrogen and oxygen atoms in total. The van der Waals surface area contributed by atoms with E-state index in [0.717, 1.165) is 4.57 Å². The molecule has 1 aromatic carbocycles. The van der Waals surface area contributed by atoms with Crippen LogP contribution in [0.15, 0.2) is 42.6 Å². The number of nitrogens with one attached hydrogen (secondary N) is 1. The zero-order chi connectivity index (χ0) is 22.0. The van der Waals surface area contributed by atoms with E-state index in [1.807, 2.05) is 4.90 Å². The molecule has 0 unspecified atom stereocenters. The molecule has 0 aliphatic carbocycles. The van der Waals surface area contributed by atoms with E-state index >= 15 is 0 Å². The van der Waals surface area contributed by atoms with E-state index in [0.29, 0.717) is 32.7 Å². The molecule has 31 heavy (non-hydrogen) atoms. The van der Waals surface area contributed by atoms with E-state index in [1.54, 1.807) is 17.0 Å². The molecule has 2 amide bonds. The van der Waals surface area contributed by atoms with Crippen LogP contribution in [0.4, 0.5) is 28.0 Å². The third kappa shape index (κ3) is 4.61. The number of carbonyl (C=O) groups excluding carboxylic acids is 1. The molecule has 2 aromatic heterocycles. The first-order valence-electron chi connectivity index (χ1n) is 9.74. The average Bonchev–Trinajstić information content (AvgIpc) is 3.13. The predicted molar refractivity (Wildman–Crippen MR) is 106 cm³/mol. The van der Waals surface area contributed by atoms with Gasteiger partial charge in [-0.05, 0) is 24.3 Å². The van der Waals surface area contributed by atoms with Crippen molar-refractivity contribution >= 4 is 22.9 Å². The van der Waals surface area contributed by atoms with Crippen LogP contribution in [0.25, 0.3) is 11.2 Å². The van der Waals surface area contributed by atoms with E-state index in [9.17, 15) is 22.4 Å². The number of pyridine rings is 1. The second-order valence-electron chi connectivity index (χ2n) is 7.17. The fourth-order valence-electron chi connectivity index (χ4n) is 3.56. The Kier molecular flexibility index (Phi) is 5.77. The van der Waals surface area contributed by atoms with Crippen LogP contribution in [-0.2, 0) is 12.7 Å². The summed E-state index contributed by atoms with van der Waals surface area (Å²) >= 11 is 0. The Hall–Kier alpha value is -3.21. The molecule has 164 valence electrons. The average molecular weight is 436 g/mol. The van der Waals surface area contributed by atoms with E-state index < -0.39 is 23.8 Å². The minimum atomic E-state index is -4.58. The molecular formula is C20H20F4N6O. The minimum absolute atomic E-state index is 0.0732. The Morgan fingerprint density at radius 2 is 1.77 bits per heavy atom. The van der Waals surface area contributed by atoms with Crippen LogP contribution in [-0.4, -0.2) is 63.1 Å². The summed E-state index contributed by atoms with van der Waals surface area (Å²) < 4.78 is 55.0. The fourth-order valence-corrected chi connectivity index (χ4v) is 3.56. The Bertz CT molecular complexity index is 1070. The predicted octanol–water partition coefficient (Wildman–Crippen LogP) is 3.44. The van der Waals surface area contributed by atoms with Crippen LogP contribution in [0.5, 0.6) is 0 Å². The van der Waals surface area contributed by atoms with Crippen LogP contribution >= 0.6 is 0 Å². The number of rotatable bonds is 4. The van der Waals surface area contributed by atoms with Crippen molar-refractivity contribution in [1.29, 1.82) is 0 Å². The molecule has 0 spiro atoms. The Morgan fingerprint density at radius 1 is 1.03 bits per heavy atom. The minimum Gasteiger partial charge on any atom is -0.322 e. The van der Waals surface area contributed by atoms with Gasteiger partial charge in [-0.2, -0.15) is 13.2 Å². The highest BCUT2D eigenvalue weighted by Crippen LogP contribution is 2.30. The molecule has 0 saturated carbocycles. The lowest BCUT2D eigenvalue weighted by atomic mass is 10.3. The number of hydrogen-bond donors (Lipinski definition) is 1. The number of urea groups is 1. The van der Waals surface area contributed by atoms with E-state index in [2.05, 4.69) is 15.3 Å². The smallest absolute Gasteiger partial charge is 0.322 e. The molecule has 0 atom stereocenters. The quantitative estimate of drug-likeness (QED) is 0.637. The number of benzene rings is 1. The SMILES string of the molecule is O=C(Nc1ccccc1F)N1CCN(CCn2c(C(F)(F)F)nc3cccnc32)CC1. The van der Waals surface area contributed by atoms with Crippen LogP contribution < -0.4 is 5.32 Å². The Balaban J connectivity index is 1.36. The number of hydrogen-bond acceptors (Lipinski definition) is 4. The summed E-state index contributed by atoms with van der Waals surface area (Å²) in [6, 6.07) is 8.54. The number of imidazole rings is 1. The summed E-state index contributed by atoms with van der Waals surface area (Å²) in [4.78, 5) is 23.6. The number of anilines is 1. The van der Waals surface area contributed by atoms with Gasteiger partial charge in [0.2, 0.25) is 5.82 Å². The number of piperazine rings is 1. The van der Waals surface area contributed by atoms with Gasteiger partial charge in [-0.15, -0.1) is 0 Å². The fraction of sp³-hybridized carbons (Fsp3) is 0.350. The highest BCUT2D eigenvalue weighted by molar-refractivity contribution is 5.89. The maximum absolute atomic E-state index is 13.7. The summed E-state index contributed by atoms with van der Waals surface area (Å²) in [5.74, 6) is -1.49. The molecule has 1 saturated heterocycles. The van der Waals surface area contributed by atoms with Gasteiger partial charge in [-0.1, -0.05) is 12.1 Å². The second-order valence-corrected chi connectivity index (χ2v) is 7.17. The van der Waals surface area contributed by atoms with Crippen molar-refractivity contribution in [3.8, 4) is 0 Å². The van der Waals surface area contributed by atoms with Gasteiger partial charge in [0, 0.05) is 45.5 Å². The largest absolute Gasteiger partial charge is 0.449 e. The molecule has 3 heterocycles. The van der Waals surface area contributed by atoms with Crippen LogP contribution in [0.2, 0.25) is 0 Å².